The van der Waals surface area contributed by atoms with Crippen LogP contribution < -0.4 is 10.2 Å². The Morgan fingerprint density at radius 2 is 1.78 bits per heavy atom. The van der Waals surface area contributed by atoms with Crippen molar-refractivity contribution in [2.75, 3.05) is 6.61 Å². The number of aromatic nitrogens is 1. The molecule has 3 aromatic carbocycles. The summed E-state index contributed by atoms with van der Waals surface area (Å²) in [7, 11) is 0. The molecule has 5 heteroatoms. The molecule has 1 N–H and O–H groups in total. The van der Waals surface area contributed by atoms with Gasteiger partial charge in [0.2, 0.25) is 0 Å². The van der Waals surface area contributed by atoms with Crippen LogP contribution in [0.5, 0.6) is 5.75 Å². The first-order valence-corrected chi connectivity index (χ1v) is 10.8. The first-order valence-electron chi connectivity index (χ1n) is 10.8. The van der Waals surface area contributed by atoms with Gasteiger partial charge in [0.05, 0.1) is 12.8 Å². The first kappa shape index (κ1) is 21.4. The summed E-state index contributed by atoms with van der Waals surface area (Å²) < 4.78 is 8.03. The minimum absolute atomic E-state index is 0.262. The summed E-state index contributed by atoms with van der Waals surface area (Å²) in [5.41, 5.74) is 7.25. The minimum atomic E-state index is -0.262. The molecule has 4 aromatic rings. The molecule has 0 unspecified atom stereocenters. The third-order valence-corrected chi connectivity index (χ3v) is 5.39. The molecule has 1 aromatic heterocycles. The zero-order chi connectivity index (χ0) is 22.5. The molecule has 0 radical (unpaired) electrons. The third kappa shape index (κ3) is 4.42. The maximum atomic E-state index is 12.8. The molecule has 0 aliphatic heterocycles. The minimum Gasteiger partial charge on any atom is -0.493 e. The van der Waals surface area contributed by atoms with Crippen molar-refractivity contribution in [2.45, 2.75) is 27.2 Å². The zero-order valence-corrected chi connectivity index (χ0v) is 18.6. The molecule has 1 amide bonds. The van der Waals surface area contributed by atoms with Gasteiger partial charge in [0.1, 0.15) is 5.75 Å². The van der Waals surface area contributed by atoms with Crippen LogP contribution in [0, 0.1) is 13.8 Å². The summed E-state index contributed by atoms with van der Waals surface area (Å²) in [5, 5.41) is 6.37. The van der Waals surface area contributed by atoms with Gasteiger partial charge in [-0.15, -0.1) is 0 Å². The number of nitrogens with one attached hydrogen (secondary N) is 1. The Morgan fingerprint density at radius 3 is 2.56 bits per heavy atom. The van der Waals surface area contributed by atoms with Crippen molar-refractivity contribution in [3.05, 3.63) is 95.3 Å². The summed E-state index contributed by atoms with van der Waals surface area (Å²) in [6.45, 7) is 6.79. The average molecular weight is 426 g/mol. The Bertz CT molecular complexity index is 1270. The number of rotatable bonds is 7. The summed E-state index contributed by atoms with van der Waals surface area (Å²) in [5.74, 6) is 0.492. The van der Waals surface area contributed by atoms with E-state index in [1.807, 2.05) is 68.4 Å². The summed E-state index contributed by atoms with van der Waals surface area (Å²) in [4.78, 5) is 12.8. The number of carbonyl (C=O) groups is 1. The van der Waals surface area contributed by atoms with Gasteiger partial charge in [-0.2, -0.15) is 5.10 Å². The predicted octanol–water partition coefficient (Wildman–Crippen LogP) is 5.80. The third-order valence-electron chi connectivity index (χ3n) is 5.39. The van der Waals surface area contributed by atoms with Crippen LogP contribution >= 0.6 is 0 Å². The van der Waals surface area contributed by atoms with Crippen LogP contribution in [-0.2, 0) is 0 Å². The predicted molar refractivity (Wildman–Crippen MR) is 130 cm³/mol. The molecule has 0 aliphatic carbocycles. The van der Waals surface area contributed by atoms with Crippen molar-refractivity contribution in [3.8, 4) is 11.4 Å². The molecule has 162 valence electrons. The number of aryl methyl sites for hydroxylation is 2. The Balaban J connectivity index is 1.58. The van der Waals surface area contributed by atoms with Gasteiger partial charge in [-0.25, -0.2) is 5.43 Å². The van der Waals surface area contributed by atoms with Crippen LogP contribution in [0.4, 0.5) is 0 Å². The lowest BCUT2D eigenvalue weighted by Gasteiger charge is -2.11. The molecule has 0 fully saturated rings. The van der Waals surface area contributed by atoms with E-state index in [0.717, 1.165) is 45.6 Å². The zero-order valence-electron chi connectivity index (χ0n) is 18.6. The monoisotopic (exact) mass is 425 g/mol. The van der Waals surface area contributed by atoms with E-state index in [-0.39, 0.29) is 5.91 Å². The largest absolute Gasteiger partial charge is 0.493 e. The number of hydrazone groups is 1. The Morgan fingerprint density at radius 1 is 1.00 bits per heavy atom. The van der Waals surface area contributed by atoms with E-state index in [4.69, 9.17) is 4.74 Å². The Labute approximate surface area is 188 Å². The van der Waals surface area contributed by atoms with E-state index < -0.39 is 0 Å². The highest BCUT2D eigenvalue weighted by Crippen LogP contribution is 2.27. The molecule has 32 heavy (non-hydrogen) atoms. The molecule has 4 rings (SSSR count). The van der Waals surface area contributed by atoms with E-state index >= 15 is 0 Å². The van der Waals surface area contributed by atoms with Crippen molar-refractivity contribution >= 4 is 22.9 Å². The summed E-state index contributed by atoms with van der Waals surface area (Å²) in [6.07, 6.45) is 2.58. The highest BCUT2D eigenvalue weighted by molar-refractivity contribution is 6.03. The van der Waals surface area contributed by atoms with E-state index in [1.54, 1.807) is 12.3 Å². The van der Waals surface area contributed by atoms with Crippen molar-refractivity contribution in [1.29, 1.82) is 0 Å². The van der Waals surface area contributed by atoms with Gasteiger partial charge in [-0.3, -0.25) is 4.79 Å². The molecule has 0 aliphatic rings. The second kappa shape index (κ2) is 9.52. The second-order valence-electron chi connectivity index (χ2n) is 7.75. The van der Waals surface area contributed by atoms with E-state index in [1.165, 1.54) is 0 Å². The second-order valence-corrected chi connectivity index (χ2v) is 7.75. The number of fused-ring (bicyclic) bond motifs is 1. The van der Waals surface area contributed by atoms with Gasteiger partial charge in [-0.05, 0) is 67.4 Å². The Hall–Kier alpha value is -3.86. The summed E-state index contributed by atoms with van der Waals surface area (Å²) >= 11 is 0. The fraction of sp³-hybridized carbons (Fsp3) is 0.185. The lowest BCUT2D eigenvalue weighted by molar-refractivity contribution is 0.0955. The number of ether oxygens (including phenoxy) is 1. The molecule has 1 heterocycles. The quantitative estimate of drug-likeness (QED) is 0.300. The van der Waals surface area contributed by atoms with E-state index in [0.29, 0.717) is 12.2 Å². The lowest BCUT2D eigenvalue weighted by Crippen LogP contribution is -2.18. The number of hydrogen-bond acceptors (Lipinski definition) is 3. The van der Waals surface area contributed by atoms with Crippen LogP contribution in [0.1, 0.15) is 40.7 Å². The summed E-state index contributed by atoms with van der Waals surface area (Å²) in [6, 6.07) is 23.7. The SMILES string of the molecule is CCCOc1ccc2ccccc2c1/C=N\NC(=O)c1cccc(-n2c(C)ccc2C)c1. The number of benzene rings is 3. The van der Waals surface area contributed by atoms with Gasteiger partial charge in [0.15, 0.2) is 0 Å². The molecule has 0 spiro atoms. The van der Waals surface area contributed by atoms with Gasteiger partial charge in [0.25, 0.3) is 5.91 Å². The van der Waals surface area contributed by atoms with Gasteiger partial charge in [-0.1, -0.05) is 43.3 Å². The highest BCUT2D eigenvalue weighted by Gasteiger charge is 2.10. The number of nitrogens with zero attached hydrogens (tertiary/aromatic N) is 2. The fourth-order valence-electron chi connectivity index (χ4n) is 3.83. The number of amides is 1. The molecule has 5 nitrogen and oxygen atoms in total. The van der Waals surface area contributed by atoms with Crippen molar-refractivity contribution < 1.29 is 9.53 Å². The molecule has 0 saturated heterocycles. The van der Waals surface area contributed by atoms with Crippen LogP contribution in [0.3, 0.4) is 0 Å². The van der Waals surface area contributed by atoms with Gasteiger partial charge in [0, 0.05) is 28.2 Å². The molecular formula is C27H27N3O2. The smallest absolute Gasteiger partial charge is 0.271 e. The van der Waals surface area contributed by atoms with Crippen LogP contribution in [0.15, 0.2) is 77.9 Å². The Kier molecular flexibility index (Phi) is 6.36. The highest BCUT2D eigenvalue weighted by atomic mass is 16.5. The van der Waals surface area contributed by atoms with Crippen molar-refractivity contribution in [3.63, 3.8) is 0 Å². The standard InChI is InChI=1S/C27H27N3O2/c1-4-16-32-26-15-14-21-8-5-6-11-24(21)25(26)18-28-29-27(31)22-9-7-10-23(17-22)30-19(2)12-13-20(30)3/h5-15,17-18H,4,16H2,1-3H3,(H,29,31)/b28-18-. The first-order chi connectivity index (χ1) is 15.6. The molecule has 0 bridgehead atoms. The van der Waals surface area contributed by atoms with E-state index in [9.17, 15) is 4.79 Å². The van der Waals surface area contributed by atoms with Crippen LogP contribution in [-0.4, -0.2) is 23.3 Å². The lowest BCUT2D eigenvalue weighted by atomic mass is 10.0. The average Bonchev–Trinajstić information content (AvgIpc) is 3.16. The van der Waals surface area contributed by atoms with E-state index in [2.05, 4.69) is 34.2 Å². The molecule has 0 saturated carbocycles. The number of hydrogen-bond donors (Lipinski definition) is 1. The number of carbonyl (C=O) groups excluding carboxylic acids is 1. The van der Waals surface area contributed by atoms with Crippen molar-refractivity contribution in [1.82, 2.24) is 9.99 Å². The van der Waals surface area contributed by atoms with Crippen molar-refractivity contribution in [2.24, 2.45) is 5.10 Å². The fourth-order valence-corrected chi connectivity index (χ4v) is 3.83. The van der Waals surface area contributed by atoms with Crippen LogP contribution in [0.25, 0.3) is 16.5 Å². The van der Waals surface area contributed by atoms with Gasteiger partial charge >= 0.3 is 0 Å². The normalized spacial score (nSPS) is 11.2. The van der Waals surface area contributed by atoms with Gasteiger partial charge < -0.3 is 9.30 Å². The maximum absolute atomic E-state index is 12.8. The maximum Gasteiger partial charge on any atom is 0.271 e. The molecular weight excluding hydrogens is 398 g/mol. The molecule has 0 atom stereocenters. The topological polar surface area (TPSA) is 55.6 Å². The van der Waals surface area contributed by atoms with Crippen LogP contribution in [0.2, 0.25) is 0 Å².